The number of hydrogen-bond acceptors (Lipinski definition) is 6. The Hall–Kier alpha value is -2.18. The monoisotopic (exact) mass is 546 g/mol. The molecule has 1 aliphatic heterocycles. The number of nitrogens with zero attached hydrogens (tertiary/aromatic N) is 5. The van der Waals surface area contributed by atoms with Crippen LogP contribution in [0.15, 0.2) is 23.5 Å². The molecule has 0 radical (unpaired) electrons. The molecular formula is C20H35IN8O2. The second-order valence-electron chi connectivity index (χ2n) is 8.09. The number of anilines is 1. The lowest BCUT2D eigenvalue weighted by molar-refractivity contribution is -0.131. The van der Waals surface area contributed by atoms with Crippen molar-refractivity contribution in [2.45, 2.75) is 39.7 Å². The summed E-state index contributed by atoms with van der Waals surface area (Å²) < 4.78 is 0. The van der Waals surface area contributed by atoms with Crippen LogP contribution in [0, 0.1) is 0 Å². The van der Waals surface area contributed by atoms with Crippen LogP contribution in [0.3, 0.4) is 0 Å². The van der Waals surface area contributed by atoms with Crippen molar-refractivity contribution in [3.63, 3.8) is 0 Å². The van der Waals surface area contributed by atoms with Gasteiger partial charge < -0.3 is 25.8 Å². The molecule has 2 heterocycles. The number of aliphatic imine (C=N–C) groups is 1. The molecule has 1 saturated heterocycles. The quantitative estimate of drug-likeness (QED) is 0.261. The van der Waals surface area contributed by atoms with Crippen LogP contribution in [-0.4, -0.2) is 84.0 Å². The maximum Gasteiger partial charge on any atom is 0.242 e. The van der Waals surface area contributed by atoms with Crippen LogP contribution >= 0.6 is 24.0 Å². The molecule has 174 valence electrons. The van der Waals surface area contributed by atoms with Gasteiger partial charge in [-0.2, -0.15) is 0 Å². The number of amides is 2. The molecule has 0 saturated carbocycles. The fourth-order valence-electron chi connectivity index (χ4n) is 3.01. The van der Waals surface area contributed by atoms with E-state index in [4.69, 9.17) is 0 Å². The highest BCUT2D eigenvalue weighted by Gasteiger charge is 2.22. The summed E-state index contributed by atoms with van der Waals surface area (Å²) in [6, 6.07) is 1.79. The second-order valence-corrected chi connectivity index (χ2v) is 8.09. The van der Waals surface area contributed by atoms with E-state index in [2.05, 4.69) is 35.8 Å². The van der Waals surface area contributed by atoms with Gasteiger partial charge in [0.25, 0.3) is 0 Å². The fraction of sp³-hybridized carbons (Fsp3) is 0.650. The summed E-state index contributed by atoms with van der Waals surface area (Å²) in [6.07, 6.45) is 3.81. The lowest BCUT2D eigenvalue weighted by Crippen LogP contribution is -2.50. The van der Waals surface area contributed by atoms with Gasteiger partial charge in [0, 0.05) is 63.6 Å². The van der Waals surface area contributed by atoms with Crippen molar-refractivity contribution in [1.29, 1.82) is 0 Å². The molecule has 11 heteroatoms. The third-order valence-corrected chi connectivity index (χ3v) is 4.34. The standard InChI is InChI=1S/C20H34N8O2.HI/c1-5-21-18(25-15-16(29)26-20(2,3)4)22-10-7-17(30)27-11-13-28(14-12-27)19-23-8-6-9-24-19;/h6,8-9H,5,7,10-15H2,1-4H3,(H,26,29)(H2,21,22,25);1H. The maximum atomic E-state index is 12.5. The molecule has 31 heavy (non-hydrogen) atoms. The first-order valence-corrected chi connectivity index (χ1v) is 10.4. The molecule has 3 N–H and O–H groups in total. The van der Waals surface area contributed by atoms with E-state index in [0.29, 0.717) is 44.5 Å². The van der Waals surface area contributed by atoms with Crippen molar-refractivity contribution >= 4 is 47.7 Å². The van der Waals surface area contributed by atoms with E-state index in [0.717, 1.165) is 13.1 Å². The van der Waals surface area contributed by atoms with E-state index < -0.39 is 0 Å². The fourth-order valence-corrected chi connectivity index (χ4v) is 3.01. The number of nitrogens with one attached hydrogen (secondary N) is 3. The number of hydrogen-bond donors (Lipinski definition) is 3. The first kappa shape index (κ1) is 26.9. The number of piperazine rings is 1. The summed E-state index contributed by atoms with van der Waals surface area (Å²) in [5.74, 6) is 1.18. The molecule has 2 rings (SSSR count). The molecule has 0 bridgehead atoms. The summed E-state index contributed by atoms with van der Waals surface area (Å²) >= 11 is 0. The minimum Gasteiger partial charge on any atom is -0.357 e. The topological polar surface area (TPSA) is 115 Å². The van der Waals surface area contributed by atoms with Crippen molar-refractivity contribution in [2.24, 2.45) is 4.99 Å². The Morgan fingerprint density at radius 1 is 1.10 bits per heavy atom. The summed E-state index contributed by atoms with van der Waals surface area (Å²) in [7, 11) is 0. The predicted octanol–water partition coefficient (Wildman–Crippen LogP) is 0.603. The molecule has 1 fully saturated rings. The smallest absolute Gasteiger partial charge is 0.242 e. The van der Waals surface area contributed by atoms with Gasteiger partial charge in [-0.05, 0) is 33.8 Å². The van der Waals surface area contributed by atoms with Crippen molar-refractivity contribution in [3.05, 3.63) is 18.5 Å². The van der Waals surface area contributed by atoms with Crippen molar-refractivity contribution in [2.75, 3.05) is 50.7 Å². The lowest BCUT2D eigenvalue weighted by atomic mass is 10.1. The van der Waals surface area contributed by atoms with Gasteiger partial charge in [-0.3, -0.25) is 9.59 Å². The van der Waals surface area contributed by atoms with Gasteiger partial charge in [-0.15, -0.1) is 24.0 Å². The van der Waals surface area contributed by atoms with Crippen molar-refractivity contribution < 1.29 is 9.59 Å². The SMILES string of the molecule is CCNC(=NCC(=O)NC(C)(C)C)NCCC(=O)N1CCN(c2ncccn2)CC1.I. The Kier molecular flexibility index (Phi) is 11.5. The minimum absolute atomic E-state index is 0. The average Bonchev–Trinajstić information content (AvgIpc) is 2.71. The third-order valence-electron chi connectivity index (χ3n) is 4.34. The number of guanidine groups is 1. The number of halogens is 1. The maximum absolute atomic E-state index is 12.5. The van der Waals surface area contributed by atoms with Gasteiger partial charge in [-0.1, -0.05) is 0 Å². The van der Waals surface area contributed by atoms with E-state index in [1.54, 1.807) is 18.5 Å². The van der Waals surface area contributed by atoms with Crippen molar-refractivity contribution in [1.82, 2.24) is 30.8 Å². The van der Waals surface area contributed by atoms with Crippen LogP contribution in [-0.2, 0) is 9.59 Å². The first-order chi connectivity index (χ1) is 14.3. The van der Waals surface area contributed by atoms with Gasteiger partial charge in [0.2, 0.25) is 17.8 Å². The van der Waals surface area contributed by atoms with E-state index in [-0.39, 0.29) is 47.9 Å². The van der Waals surface area contributed by atoms with Gasteiger partial charge in [0.1, 0.15) is 6.54 Å². The highest BCUT2D eigenvalue weighted by molar-refractivity contribution is 14.0. The Morgan fingerprint density at radius 2 is 1.74 bits per heavy atom. The normalized spacial score (nSPS) is 14.5. The van der Waals surface area contributed by atoms with Crippen LogP contribution < -0.4 is 20.9 Å². The molecule has 2 amide bonds. The zero-order chi connectivity index (χ0) is 22.0. The number of carbonyl (C=O) groups excluding carboxylic acids is 2. The van der Waals surface area contributed by atoms with E-state index in [1.807, 2.05) is 32.6 Å². The first-order valence-electron chi connectivity index (χ1n) is 10.4. The van der Waals surface area contributed by atoms with Crippen LogP contribution in [0.25, 0.3) is 0 Å². The van der Waals surface area contributed by atoms with E-state index >= 15 is 0 Å². The summed E-state index contributed by atoms with van der Waals surface area (Å²) in [6.45, 7) is 11.6. The molecule has 1 aliphatic rings. The summed E-state index contributed by atoms with van der Waals surface area (Å²) in [5.41, 5.74) is -0.290. The van der Waals surface area contributed by atoms with E-state index in [9.17, 15) is 9.59 Å². The predicted molar refractivity (Wildman–Crippen MR) is 133 cm³/mol. The Balaban J connectivity index is 0.00000480. The number of aromatic nitrogens is 2. The highest BCUT2D eigenvalue weighted by Crippen LogP contribution is 2.10. The summed E-state index contributed by atoms with van der Waals surface area (Å²) in [4.78, 5) is 41.2. The van der Waals surface area contributed by atoms with E-state index in [1.165, 1.54) is 0 Å². The summed E-state index contributed by atoms with van der Waals surface area (Å²) in [5, 5.41) is 9.09. The molecule has 0 unspecified atom stereocenters. The Morgan fingerprint density at radius 3 is 2.32 bits per heavy atom. The Labute approximate surface area is 201 Å². The lowest BCUT2D eigenvalue weighted by Gasteiger charge is -2.34. The van der Waals surface area contributed by atoms with Crippen LogP contribution in [0.2, 0.25) is 0 Å². The van der Waals surface area contributed by atoms with Crippen LogP contribution in [0.4, 0.5) is 5.95 Å². The molecule has 10 nitrogen and oxygen atoms in total. The van der Waals surface area contributed by atoms with Gasteiger partial charge in [0.15, 0.2) is 5.96 Å². The molecule has 1 aromatic heterocycles. The zero-order valence-electron chi connectivity index (χ0n) is 18.8. The molecule has 0 spiro atoms. The largest absolute Gasteiger partial charge is 0.357 e. The van der Waals surface area contributed by atoms with Crippen LogP contribution in [0.1, 0.15) is 34.1 Å². The number of carbonyl (C=O) groups is 2. The zero-order valence-corrected chi connectivity index (χ0v) is 21.2. The molecule has 0 atom stereocenters. The van der Waals surface area contributed by atoms with Gasteiger partial charge in [-0.25, -0.2) is 15.0 Å². The third kappa shape index (κ3) is 10.1. The van der Waals surface area contributed by atoms with Gasteiger partial charge >= 0.3 is 0 Å². The number of rotatable bonds is 7. The average molecular weight is 546 g/mol. The molecule has 0 aromatic carbocycles. The second kappa shape index (κ2) is 13.3. The molecular weight excluding hydrogens is 511 g/mol. The van der Waals surface area contributed by atoms with Gasteiger partial charge in [0.05, 0.1) is 0 Å². The molecule has 1 aromatic rings. The van der Waals surface area contributed by atoms with Crippen molar-refractivity contribution in [3.8, 4) is 0 Å². The van der Waals surface area contributed by atoms with Crippen LogP contribution in [0.5, 0.6) is 0 Å². The highest BCUT2D eigenvalue weighted by atomic mass is 127. The minimum atomic E-state index is -0.290. The Bertz CT molecular complexity index is 716. The molecule has 0 aliphatic carbocycles.